The summed E-state index contributed by atoms with van der Waals surface area (Å²) in [6, 6.07) is 9.03. The lowest BCUT2D eigenvalue weighted by molar-refractivity contribution is -0.162. The highest BCUT2D eigenvalue weighted by Crippen LogP contribution is 2.49. The molecule has 0 spiro atoms. The van der Waals surface area contributed by atoms with Crippen LogP contribution < -0.4 is 30.4 Å². The van der Waals surface area contributed by atoms with Crippen LogP contribution >= 0.6 is 23.4 Å². The molecule has 9 atom stereocenters. The van der Waals surface area contributed by atoms with Crippen molar-refractivity contribution in [3.63, 3.8) is 0 Å². The first kappa shape index (κ1) is 71.2. The largest absolute Gasteiger partial charge is 0.495 e. The van der Waals surface area contributed by atoms with Crippen LogP contribution in [-0.4, -0.2) is 218 Å². The number of hydrogen-bond donors (Lipinski definition) is 6. The molecule has 502 valence electrons. The first-order chi connectivity index (χ1) is 43.6. The molecule has 92 heavy (non-hydrogen) atoms. The molecule has 31 heteroatoms. The van der Waals surface area contributed by atoms with Crippen molar-refractivity contribution in [2.45, 2.75) is 108 Å². The number of anilines is 3. The van der Waals surface area contributed by atoms with Crippen molar-refractivity contribution in [1.29, 1.82) is 0 Å². The van der Waals surface area contributed by atoms with Gasteiger partial charge in [-0.25, -0.2) is 24.0 Å². The van der Waals surface area contributed by atoms with Crippen LogP contribution in [0.5, 0.6) is 17.5 Å². The van der Waals surface area contributed by atoms with Gasteiger partial charge in [0.15, 0.2) is 5.72 Å². The molecule has 29 nitrogen and oxygen atoms in total. The van der Waals surface area contributed by atoms with E-state index in [-0.39, 0.29) is 74.7 Å². The van der Waals surface area contributed by atoms with Crippen LogP contribution in [0.2, 0.25) is 5.02 Å². The number of aromatic nitrogens is 1. The van der Waals surface area contributed by atoms with Gasteiger partial charge in [0, 0.05) is 85.0 Å². The number of thioether (sulfide) groups is 1. The van der Waals surface area contributed by atoms with Gasteiger partial charge in [0.2, 0.25) is 23.6 Å². The Kier molecular flexibility index (Phi) is 24.6. The standard InChI is InChI=1S/C61H79ClN8O21S/c1-35-13-11-15-46(83-10)61(81)30-45(88-57(78)65-61)36(2)54-60(4,90-54)47(29-51(74)69(8)43-27-39(25-35)28-44(82-9)53(43)62)89-55(76)37(3)68(7)48(71)20-24-92-59(80)67(6)22-21-66(5)58(79)86-32-38-16-17-41(64-56(77)87-40-14-12-23-84-34-85-33-40)42(26-38)63-31-52(75)91-70-49(72)18-19-50(70)73/h11-19,26-28,36-37,40,45-47,54,63,72-73,81H,20-25,29-34H2,1-10H3,(H,64,77)(H,65,78)/t36-,37+,40?,45+,46-,47+,54+,60+,61+/m1/s1. The minimum atomic E-state index is -1.91. The molecule has 0 saturated carbocycles. The van der Waals surface area contributed by atoms with Crippen LogP contribution in [0.25, 0.3) is 0 Å². The number of esters is 1. The number of fused-ring (bicyclic) bond motifs is 5. The van der Waals surface area contributed by atoms with Crippen LogP contribution in [0.1, 0.15) is 58.1 Å². The molecule has 0 radical (unpaired) electrons. The molecular formula is C61H79ClN8O21S. The smallest absolute Gasteiger partial charge is 0.412 e. The van der Waals surface area contributed by atoms with Crippen molar-refractivity contribution in [3.8, 4) is 17.5 Å². The van der Waals surface area contributed by atoms with Gasteiger partial charge in [0.1, 0.15) is 66.8 Å². The number of rotatable bonds is 19. The zero-order chi connectivity index (χ0) is 67.2. The normalized spacial score (nSPS) is 23.5. The molecular weight excluding hydrogens is 1250 g/mol. The molecule has 2 saturated heterocycles. The Balaban J connectivity index is 0.927. The fourth-order valence-corrected chi connectivity index (χ4v) is 11.2. The molecule has 2 fully saturated rings. The third-order valence-electron chi connectivity index (χ3n) is 15.8. The number of aromatic hydroxyl groups is 2. The number of epoxide rings is 1. The Hall–Kier alpha value is -8.26. The molecule has 6 amide bonds. The zero-order valence-electron chi connectivity index (χ0n) is 52.7. The number of nitrogens with zero attached hydrogens (tertiary/aromatic N) is 5. The van der Waals surface area contributed by atoms with Gasteiger partial charge >= 0.3 is 30.2 Å². The summed E-state index contributed by atoms with van der Waals surface area (Å²) in [6.07, 6.45) is 0.836. The third-order valence-corrected chi connectivity index (χ3v) is 17.2. The summed E-state index contributed by atoms with van der Waals surface area (Å²) >= 11 is 7.68. The van der Waals surface area contributed by atoms with Crippen molar-refractivity contribution >= 4 is 87.7 Å². The predicted octanol–water partition coefficient (Wildman–Crippen LogP) is 5.72. The Labute approximate surface area is 540 Å². The molecule has 4 bridgehead atoms. The van der Waals surface area contributed by atoms with E-state index in [0.717, 1.165) is 35.0 Å². The van der Waals surface area contributed by atoms with Crippen molar-refractivity contribution in [2.75, 3.05) is 103 Å². The summed E-state index contributed by atoms with van der Waals surface area (Å²) in [7, 11) is 8.76. The quantitative estimate of drug-likeness (QED) is 0.0362. The minimum absolute atomic E-state index is 0.0102. The Morgan fingerprint density at radius 2 is 1.70 bits per heavy atom. The van der Waals surface area contributed by atoms with Crippen molar-refractivity contribution in [3.05, 3.63) is 94.6 Å². The highest BCUT2D eigenvalue weighted by atomic mass is 35.5. The van der Waals surface area contributed by atoms with Gasteiger partial charge in [-0.05, 0) is 68.7 Å². The number of halogens is 1. The van der Waals surface area contributed by atoms with Crippen molar-refractivity contribution in [1.82, 2.24) is 24.7 Å². The van der Waals surface area contributed by atoms with E-state index in [2.05, 4.69) is 16.0 Å². The number of methoxy groups -OCH3 is 2. The van der Waals surface area contributed by atoms with E-state index < -0.39 is 126 Å². The van der Waals surface area contributed by atoms with Gasteiger partial charge < -0.3 is 87.7 Å². The second-order valence-corrected chi connectivity index (χ2v) is 24.0. The van der Waals surface area contributed by atoms with E-state index in [0.29, 0.717) is 28.2 Å². The number of hydrogen-bond acceptors (Lipinski definition) is 23. The van der Waals surface area contributed by atoms with Crippen molar-refractivity contribution < 1.29 is 101 Å². The molecule has 3 aromatic rings. The lowest BCUT2D eigenvalue weighted by atomic mass is 9.83. The van der Waals surface area contributed by atoms with Crippen molar-refractivity contribution in [2.24, 2.45) is 5.92 Å². The second-order valence-electron chi connectivity index (χ2n) is 22.6. The lowest BCUT2D eigenvalue weighted by Crippen LogP contribution is -2.63. The molecule has 7 rings (SSSR count). The van der Waals surface area contributed by atoms with Gasteiger partial charge in [-0.1, -0.05) is 66.2 Å². The van der Waals surface area contributed by atoms with Crippen LogP contribution in [0.15, 0.2) is 78.4 Å². The highest BCUT2D eigenvalue weighted by molar-refractivity contribution is 8.13. The average Bonchev–Trinajstić information content (AvgIpc) is 1.57. The number of amides is 6. The first-order valence-corrected chi connectivity index (χ1v) is 30.6. The number of ether oxygens (including phenoxy) is 9. The topological polar surface area (TPSA) is 347 Å². The Morgan fingerprint density at radius 1 is 0.967 bits per heavy atom. The fraction of sp³-hybridized carbons (Fsp3) is 0.508. The van der Waals surface area contributed by atoms with Gasteiger partial charge in [0.25, 0.3) is 5.24 Å². The van der Waals surface area contributed by atoms with E-state index in [9.17, 15) is 53.7 Å². The molecule has 4 aliphatic heterocycles. The zero-order valence-corrected chi connectivity index (χ0v) is 54.2. The number of nitrogens with one attached hydrogen (secondary N) is 3. The number of alkyl carbamates (subject to hydrolysis) is 1. The second kappa shape index (κ2) is 31.9. The summed E-state index contributed by atoms with van der Waals surface area (Å²) in [4.78, 5) is 118. The lowest BCUT2D eigenvalue weighted by Gasteiger charge is -2.42. The summed E-state index contributed by atoms with van der Waals surface area (Å²) in [5.41, 5.74) is -0.590. The molecule has 6 N–H and O–H groups in total. The van der Waals surface area contributed by atoms with Crippen LogP contribution in [0, 0.1) is 5.92 Å². The monoisotopic (exact) mass is 1330 g/mol. The summed E-state index contributed by atoms with van der Waals surface area (Å²) in [6.45, 7) is 6.33. The van der Waals surface area contributed by atoms with Crippen LogP contribution in [-0.2, 0) is 70.1 Å². The molecule has 4 aliphatic rings. The average molecular weight is 1330 g/mol. The molecule has 0 aliphatic carbocycles. The Morgan fingerprint density at radius 3 is 2.41 bits per heavy atom. The van der Waals surface area contributed by atoms with Crippen LogP contribution in [0.3, 0.4) is 0 Å². The third kappa shape index (κ3) is 18.5. The van der Waals surface area contributed by atoms with Gasteiger partial charge in [-0.15, -0.1) is 4.73 Å². The highest BCUT2D eigenvalue weighted by Gasteiger charge is 2.64. The molecule has 1 unspecified atom stereocenters. The first-order valence-electron chi connectivity index (χ1n) is 29.2. The summed E-state index contributed by atoms with van der Waals surface area (Å²) in [5, 5.41) is 39.4. The molecule has 2 aromatic carbocycles. The molecule has 1 aromatic heterocycles. The van der Waals surface area contributed by atoms with Gasteiger partial charge in [-0.2, -0.15) is 0 Å². The maximum absolute atomic E-state index is 14.4. The fourth-order valence-electron chi connectivity index (χ4n) is 10.2. The molecule has 5 heterocycles. The van der Waals surface area contributed by atoms with Gasteiger partial charge in [0.05, 0.1) is 49.9 Å². The van der Waals surface area contributed by atoms with E-state index in [1.165, 1.54) is 81.1 Å². The number of allylic oxidation sites excluding steroid dienone is 3. The number of carbonyl (C=O) groups is 8. The predicted molar refractivity (Wildman–Crippen MR) is 333 cm³/mol. The number of likely N-dealkylation sites (N-methyl/N-ethyl adjacent to an activating group) is 3. The SMILES string of the molecule is COc1cc2cc(c1Cl)N(C)C(=O)C[C@H](OC(=O)[C@H](C)N(C)C(=O)CCSC(=O)N(C)CCN(C)C(=O)OCc1ccc(NC(=O)OC3C=CCOCOC3)c(NCC(=O)On3c(O)ccc3O)c1)[C@]1(C)O[C@H]1[C@H](C)[C@@H]1C[C@@](O)(NC(=O)O1)[C@H](OC)C=CC=C(C)C2. The number of aliphatic hydroxyl groups is 1. The summed E-state index contributed by atoms with van der Waals surface area (Å²) < 4.78 is 51.5. The number of benzene rings is 2. The minimum Gasteiger partial charge on any atom is -0.495 e. The van der Waals surface area contributed by atoms with E-state index in [1.807, 2.05) is 13.0 Å². The van der Waals surface area contributed by atoms with E-state index >= 15 is 0 Å². The van der Waals surface area contributed by atoms with Gasteiger partial charge in [-0.3, -0.25) is 25.0 Å². The maximum Gasteiger partial charge on any atom is 0.412 e. The van der Waals surface area contributed by atoms with Crippen LogP contribution in [0.4, 0.5) is 36.2 Å². The van der Waals surface area contributed by atoms with E-state index in [4.69, 9.17) is 59.1 Å². The summed E-state index contributed by atoms with van der Waals surface area (Å²) in [5.74, 6) is -4.23. The maximum atomic E-state index is 14.4. The van der Waals surface area contributed by atoms with E-state index in [1.54, 1.807) is 56.4 Å². The number of carbonyl (C=O) groups excluding carboxylic acids is 8. The Bertz CT molecular complexity index is 3270.